The van der Waals surface area contributed by atoms with Gasteiger partial charge in [-0.05, 0) is 11.8 Å². The van der Waals surface area contributed by atoms with Crippen molar-refractivity contribution in [2.75, 3.05) is 0 Å². The molecule has 0 nitrogen and oxygen atoms in total. The summed E-state index contributed by atoms with van der Waals surface area (Å²) < 4.78 is 0. The Labute approximate surface area is 112 Å². The molecule has 0 heterocycles. The highest BCUT2D eigenvalue weighted by Gasteiger charge is 2.30. The SMILES string of the molecule is CCC[Si](CCC)(CCC(C)C)CCC(C)C. The molecular formula is C16H36Si. The van der Waals surface area contributed by atoms with Crippen LogP contribution in [0.3, 0.4) is 0 Å². The van der Waals surface area contributed by atoms with E-state index in [4.69, 9.17) is 0 Å². The quantitative estimate of drug-likeness (QED) is 0.400. The molecule has 0 bridgehead atoms. The molecule has 0 radical (unpaired) electrons. The lowest BCUT2D eigenvalue weighted by atomic mass is 10.2. The van der Waals surface area contributed by atoms with Crippen LogP contribution < -0.4 is 0 Å². The van der Waals surface area contributed by atoms with Crippen molar-refractivity contribution in [3.05, 3.63) is 0 Å². The molecule has 0 rings (SSSR count). The molecule has 0 aromatic rings. The minimum Gasteiger partial charge on any atom is -0.0657 e. The summed E-state index contributed by atoms with van der Waals surface area (Å²) in [5, 5.41) is 0. The first-order valence-electron chi connectivity index (χ1n) is 7.95. The third-order valence-electron chi connectivity index (χ3n) is 4.06. The fraction of sp³-hybridized carbons (Fsp3) is 1.00. The smallest absolute Gasteiger partial charge is 0.0535 e. The molecule has 0 aliphatic carbocycles. The summed E-state index contributed by atoms with van der Waals surface area (Å²) in [6, 6.07) is 6.36. The largest absolute Gasteiger partial charge is 0.0657 e. The Morgan fingerprint density at radius 1 is 0.647 bits per heavy atom. The first-order valence-corrected chi connectivity index (χ1v) is 10.8. The predicted molar refractivity (Wildman–Crippen MR) is 84.5 cm³/mol. The maximum absolute atomic E-state index is 2.39. The summed E-state index contributed by atoms with van der Waals surface area (Å²) in [6.45, 7) is 14.3. The Bertz CT molecular complexity index is 152. The normalized spacial score (nSPS) is 12.7. The lowest BCUT2D eigenvalue weighted by molar-refractivity contribution is 0.596. The third kappa shape index (κ3) is 8.02. The minimum absolute atomic E-state index is 0.898. The number of hydrogen-bond acceptors (Lipinski definition) is 0. The zero-order valence-corrected chi connectivity index (χ0v) is 14.3. The topological polar surface area (TPSA) is 0 Å². The lowest BCUT2D eigenvalue weighted by Crippen LogP contribution is -2.34. The monoisotopic (exact) mass is 256 g/mol. The Morgan fingerprint density at radius 2 is 1.00 bits per heavy atom. The Hall–Kier alpha value is 0.217. The maximum Gasteiger partial charge on any atom is 0.0535 e. The lowest BCUT2D eigenvalue weighted by Gasteiger charge is -2.33. The molecule has 0 N–H and O–H groups in total. The summed E-state index contributed by atoms with van der Waals surface area (Å²) in [6.07, 6.45) is 5.79. The Morgan fingerprint density at radius 3 is 1.24 bits per heavy atom. The molecule has 104 valence electrons. The maximum atomic E-state index is 2.39. The fourth-order valence-corrected chi connectivity index (χ4v) is 9.00. The second-order valence-electron chi connectivity index (χ2n) is 6.87. The number of rotatable bonds is 10. The van der Waals surface area contributed by atoms with Gasteiger partial charge in [0.25, 0.3) is 0 Å². The molecule has 0 spiro atoms. The first kappa shape index (κ1) is 17.2. The molecule has 0 aliphatic rings. The Balaban J connectivity index is 4.47. The van der Waals surface area contributed by atoms with Crippen LogP contribution in [0, 0.1) is 11.8 Å². The van der Waals surface area contributed by atoms with Gasteiger partial charge in [0.15, 0.2) is 0 Å². The van der Waals surface area contributed by atoms with E-state index in [2.05, 4.69) is 41.5 Å². The van der Waals surface area contributed by atoms with E-state index in [1.54, 1.807) is 24.2 Å². The predicted octanol–water partition coefficient (Wildman–Crippen LogP) is 6.35. The van der Waals surface area contributed by atoms with Gasteiger partial charge in [-0.2, -0.15) is 0 Å². The zero-order chi connectivity index (χ0) is 13.3. The van der Waals surface area contributed by atoms with E-state index in [0.29, 0.717) is 0 Å². The fourth-order valence-electron chi connectivity index (χ4n) is 3.00. The van der Waals surface area contributed by atoms with Crippen LogP contribution in [0.1, 0.15) is 67.2 Å². The van der Waals surface area contributed by atoms with Crippen LogP contribution in [0.25, 0.3) is 0 Å². The van der Waals surface area contributed by atoms with Crippen LogP contribution in [-0.2, 0) is 0 Å². The van der Waals surface area contributed by atoms with Crippen molar-refractivity contribution in [1.29, 1.82) is 0 Å². The van der Waals surface area contributed by atoms with Gasteiger partial charge in [-0.3, -0.25) is 0 Å². The van der Waals surface area contributed by atoms with Crippen molar-refractivity contribution in [3.63, 3.8) is 0 Å². The Kier molecular flexibility index (Phi) is 9.30. The van der Waals surface area contributed by atoms with E-state index < -0.39 is 8.07 Å². The van der Waals surface area contributed by atoms with E-state index in [9.17, 15) is 0 Å². The summed E-state index contributed by atoms with van der Waals surface area (Å²) in [5.74, 6) is 1.80. The van der Waals surface area contributed by atoms with E-state index in [-0.39, 0.29) is 0 Å². The standard InChI is InChI=1S/C16H36Si/c1-7-11-17(12-8-2,13-9-15(3)4)14-10-16(5)6/h15-16H,7-14H2,1-6H3. The summed E-state index contributed by atoms with van der Waals surface area (Å²) in [7, 11) is -0.921. The van der Waals surface area contributed by atoms with Crippen molar-refractivity contribution in [2.45, 2.75) is 91.4 Å². The van der Waals surface area contributed by atoms with Crippen molar-refractivity contribution in [2.24, 2.45) is 11.8 Å². The van der Waals surface area contributed by atoms with Crippen LogP contribution in [0.2, 0.25) is 24.2 Å². The molecular weight excluding hydrogens is 220 g/mol. The molecule has 17 heavy (non-hydrogen) atoms. The highest BCUT2D eigenvalue weighted by atomic mass is 28.3. The average molecular weight is 257 g/mol. The molecule has 0 aliphatic heterocycles. The van der Waals surface area contributed by atoms with E-state index in [1.807, 2.05) is 0 Å². The van der Waals surface area contributed by atoms with Gasteiger partial charge in [0.2, 0.25) is 0 Å². The molecule has 0 unspecified atom stereocenters. The zero-order valence-electron chi connectivity index (χ0n) is 13.3. The van der Waals surface area contributed by atoms with Gasteiger partial charge in [-0.15, -0.1) is 0 Å². The molecule has 0 amide bonds. The second-order valence-corrected chi connectivity index (χ2v) is 11.9. The second kappa shape index (κ2) is 9.19. The van der Waals surface area contributed by atoms with Crippen LogP contribution in [0.5, 0.6) is 0 Å². The van der Waals surface area contributed by atoms with Gasteiger partial charge in [0.1, 0.15) is 0 Å². The van der Waals surface area contributed by atoms with Gasteiger partial charge in [-0.25, -0.2) is 0 Å². The van der Waals surface area contributed by atoms with E-state index in [1.165, 1.54) is 25.7 Å². The third-order valence-corrected chi connectivity index (χ3v) is 9.88. The van der Waals surface area contributed by atoms with Crippen LogP contribution in [0.4, 0.5) is 0 Å². The molecule has 0 fully saturated rings. The van der Waals surface area contributed by atoms with Crippen molar-refractivity contribution < 1.29 is 0 Å². The van der Waals surface area contributed by atoms with Gasteiger partial charge in [-0.1, -0.05) is 91.4 Å². The van der Waals surface area contributed by atoms with E-state index in [0.717, 1.165) is 11.8 Å². The molecule has 0 aromatic heterocycles. The van der Waals surface area contributed by atoms with Crippen LogP contribution in [-0.4, -0.2) is 8.07 Å². The molecule has 0 atom stereocenters. The molecule has 0 saturated carbocycles. The van der Waals surface area contributed by atoms with Crippen molar-refractivity contribution >= 4 is 8.07 Å². The highest BCUT2D eigenvalue weighted by Crippen LogP contribution is 2.33. The minimum atomic E-state index is -0.921. The van der Waals surface area contributed by atoms with E-state index >= 15 is 0 Å². The molecule has 1 heteroatoms. The molecule has 0 aromatic carbocycles. The first-order chi connectivity index (χ1) is 7.95. The summed E-state index contributed by atoms with van der Waals surface area (Å²) in [4.78, 5) is 0. The van der Waals surface area contributed by atoms with Gasteiger partial charge in [0.05, 0.1) is 8.07 Å². The molecule has 0 saturated heterocycles. The van der Waals surface area contributed by atoms with Crippen LogP contribution in [0.15, 0.2) is 0 Å². The van der Waals surface area contributed by atoms with Crippen molar-refractivity contribution in [1.82, 2.24) is 0 Å². The van der Waals surface area contributed by atoms with Gasteiger partial charge >= 0.3 is 0 Å². The average Bonchev–Trinajstić information content (AvgIpc) is 2.24. The number of hydrogen-bond donors (Lipinski definition) is 0. The van der Waals surface area contributed by atoms with Crippen LogP contribution >= 0.6 is 0 Å². The highest BCUT2D eigenvalue weighted by molar-refractivity contribution is 6.79. The van der Waals surface area contributed by atoms with Gasteiger partial charge in [0, 0.05) is 0 Å². The van der Waals surface area contributed by atoms with Gasteiger partial charge < -0.3 is 0 Å². The summed E-state index contributed by atoms with van der Waals surface area (Å²) in [5.41, 5.74) is 0. The van der Waals surface area contributed by atoms with Crippen molar-refractivity contribution in [3.8, 4) is 0 Å². The summed E-state index contributed by atoms with van der Waals surface area (Å²) >= 11 is 0.